The zero-order valence-electron chi connectivity index (χ0n) is 9.58. The van der Waals surface area contributed by atoms with Gasteiger partial charge in [0.05, 0.1) is 0 Å². The van der Waals surface area contributed by atoms with Crippen LogP contribution in [-0.2, 0) is 0 Å². The molecule has 1 atom stereocenters. The van der Waals surface area contributed by atoms with Crippen molar-refractivity contribution in [3.05, 3.63) is 0 Å². The lowest BCUT2D eigenvalue weighted by Crippen LogP contribution is -2.40. The fourth-order valence-corrected chi connectivity index (χ4v) is 4.92. The molecule has 1 N–H and O–H groups in total. The second-order valence-corrected chi connectivity index (χ2v) is 7.35. The quantitative estimate of drug-likeness (QED) is 0.589. The Morgan fingerprint density at radius 2 is 1.79 bits per heavy atom. The molecule has 0 aliphatic heterocycles. The van der Waals surface area contributed by atoms with Crippen molar-refractivity contribution in [2.24, 2.45) is 0 Å². The molecule has 5 heteroatoms. The van der Waals surface area contributed by atoms with Crippen molar-refractivity contribution < 1.29 is 0 Å². The Balaban J connectivity index is 5.03. The molecule has 0 spiro atoms. The van der Waals surface area contributed by atoms with Crippen molar-refractivity contribution in [3.8, 4) is 5.81 Å². The fourth-order valence-electron chi connectivity index (χ4n) is 1.79. The number of rotatable bonds is 5. The van der Waals surface area contributed by atoms with E-state index in [-0.39, 0.29) is 0 Å². The van der Waals surface area contributed by atoms with Gasteiger partial charge in [0.2, 0.25) is 0 Å². The monoisotopic (exact) mass is 236 g/mol. The Hall–Kier alpha value is 0.130. The first-order chi connectivity index (χ1) is 6.45. The molecule has 0 amide bonds. The van der Waals surface area contributed by atoms with E-state index in [0.717, 1.165) is 6.16 Å². The molecule has 0 aromatic carbocycles. The third kappa shape index (κ3) is 2.81. The molecule has 0 saturated heterocycles. The lowest BCUT2D eigenvalue weighted by molar-refractivity contribution is 0.316. The van der Waals surface area contributed by atoms with Gasteiger partial charge in [-0.15, -0.1) is 9.93 Å². The summed E-state index contributed by atoms with van der Waals surface area (Å²) in [5, 5.41) is 9.26. The Kier molecular flexibility index (Phi) is 5.93. The van der Waals surface area contributed by atoms with Crippen molar-refractivity contribution in [1.82, 2.24) is 9.28 Å². The highest BCUT2D eigenvalue weighted by Crippen LogP contribution is 2.59. The summed E-state index contributed by atoms with van der Waals surface area (Å²) >= 11 is 5.74. The number of nitrogens with zero attached hydrogens (tertiary/aromatic N) is 2. The SMILES string of the molecule is CC[P+](C#N)(NCl)N(C(C)C)C(C)C. The number of hydrogen-bond donors (Lipinski definition) is 1. The summed E-state index contributed by atoms with van der Waals surface area (Å²) in [4.78, 5) is 0. The van der Waals surface area contributed by atoms with E-state index in [4.69, 9.17) is 11.8 Å². The van der Waals surface area contributed by atoms with Gasteiger partial charge in [0.25, 0.3) is 13.4 Å². The molecular formula is C9H20ClN3P+. The maximum absolute atomic E-state index is 9.26. The number of nitriles is 1. The van der Waals surface area contributed by atoms with Gasteiger partial charge in [-0.25, -0.2) is 0 Å². The zero-order chi connectivity index (χ0) is 11.4. The Morgan fingerprint density at radius 1 is 1.36 bits per heavy atom. The van der Waals surface area contributed by atoms with Crippen LogP contribution in [0.5, 0.6) is 0 Å². The van der Waals surface area contributed by atoms with Crippen LogP contribution in [0.3, 0.4) is 0 Å². The Labute approximate surface area is 93.0 Å². The van der Waals surface area contributed by atoms with Crippen LogP contribution in [0.1, 0.15) is 34.6 Å². The number of nitrogens with one attached hydrogen (secondary N) is 1. The molecule has 0 radical (unpaired) electrons. The second kappa shape index (κ2) is 5.88. The van der Waals surface area contributed by atoms with Crippen molar-refractivity contribution in [3.63, 3.8) is 0 Å². The van der Waals surface area contributed by atoms with E-state index in [1.807, 2.05) is 6.92 Å². The molecule has 1 unspecified atom stereocenters. The summed E-state index contributed by atoms with van der Waals surface area (Å²) < 4.78 is 4.92. The topological polar surface area (TPSA) is 39.1 Å². The average molecular weight is 237 g/mol. The van der Waals surface area contributed by atoms with Crippen molar-refractivity contribution in [1.29, 1.82) is 5.26 Å². The summed E-state index contributed by atoms with van der Waals surface area (Å²) in [5.41, 5.74) is 0. The van der Waals surface area contributed by atoms with Crippen molar-refractivity contribution in [2.45, 2.75) is 46.7 Å². The first-order valence-electron chi connectivity index (χ1n) is 4.91. The predicted molar refractivity (Wildman–Crippen MR) is 64.2 cm³/mol. The maximum Gasteiger partial charge on any atom is 0.279 e. The molecule has 3 nitrogen and oxygen atoms in total. The van der Waals surface area contributed by atoms with E-state index in [2.05, 4.69) is 42.8 Å². The van der Waals surface area contributed by atoms with E-state index in [1.54, 1.807) is 0 Å². The van der Waals surface area contributed by atoms with E-state index >= 15 is 0 Å². The third-order valence-electron chi connectivity index (χ3n) is 2.22. The minimum Gasteiger partial charge on any atom is -0.148 e. The number of halogens is 1. The molecule has 0 fully saturated rings. The van der Waals surface area contributed by atoms with Crippen LogP contribution >= 0.6 is 19.3 Å². The first-order valence-corrected chi connectivity index (χ1v) is 7.21. The number of hydrogen-bond acceptors (Lipinski definition) is 3. The highest BCUT2D eigenvalue weighted by molar-refractivity contribution is 7.77. The molecule has 0 saturated carbocycles. The Morgan fingerprint density at radius 3 is 1.86 bits per heavy atom. The summed E-state index contributed by atoms with van der Waals surface area (Å²) in [6.07, 6.45) is 0.767. The molecule has 0 rings (SSSR count). The first kappa shape index (κ1) is 14.1. The van der Waals surface area contributed by atoms with Crippen LogP contribution in [0.25, 0.3) is 0 Å². The van der Waals surface area contributed by atoms with Gasteiger partial charge in [-0.1, -0.05) is 4.61 Å². The van der Waals surface area contributed by atoms with Gasteiger partial charge in [0.15, 0.2) is 0 Å². The molecule has 0 aliphatic carbocycles. The molecular weight excluding hydrogens is 217 g/mol. The van der Waals surface area contributed by atoms with Crippen molar-refractivity contribution in [2.75, 3.05) is 6.16 Å². The van der Waals surface area contributed by atoms with E-state index in [1.165, 1.54) is 0 Å². The summed E-state index contributed by atoms with van der Waals surface area (Å²) in [7, 11) is -2.01. The normalized spacial score (nSPS) is 16.0. The smallest absolute Gasteiger partial charge is 0.148 e. The molecule has 0 aliphatic rings. The molecule has 0 aromatic heterocycles. The van der Waals surface area contributed by atoms with Gasteiger partial charge in [-0.3, -0.25) is 0 Å². The third-order valence-corrected chi connectivity index (χ3v) is 6.29. The molecule has 14 heavy (non-hydrogen) atoms. The van der Waals surface area contributed by atoms with Gasteiger partial charge in [0.1, 0.15) is 6.16 Å². The van der Waals surface area contributed by atoms with E-state index in [9.17, 15) is 5.26 Å². The highest BCUT2D eigenvalue weighted by atomic mass is 35.5. The van der Waals surface area contributed by atoms with Gasteiger partial charge in [-0.05, 0) is 34.6 Å². The minimum atomic E-state index is -2.01. The lowest BCUT2D eigenvalue weighted by atomic mass is 10.3. The van der Waals surface area contributed by atoms with Gasteiger partial charge < -0.3 is 0 Å². The van der Waals surface area contributed by atoms with Crippen LogP contribution in [0.2, 0.25) is 0 Å². The Bertz CT molecular complexity index is 201. The standard InChI is InChI=1S/C9H20ClN3P/c1-6-14(7-11,12-10)13(8(2)3)9(4)5/h8-9,12H,6H2,1-5H3/q+1. The average Bonchev–Trinajstić information content (AvgIpc) is 2.12. The van der Waals surface area contributed by atoms with Gasteiger partial charge in [0, 0.05) is 23.9 Å². The predicted octanol–water partition coefficient (Wildman–Crippen LogP) is 3.20. The lowest BCUT2D eigenvalue weighted by Gasteiger charge is -2.33. The van der Waals surface area contributed by atoms with E-state index < -0.39 is 7.56 Å². The van der Waals surface area contributed by atoms with Crippen molar-refractivity contribution >= 4 is 19.3 Å². The molecule has 82 valence electrons. The van der Waals surface area contributed by atoms with Gasteiger partial charge in [-0.2, -0.15) is 0 Å². The van der Waals surface area contributed by atoms with Crippen LogP contribution in [0.4, 0.5) is 0 Å². The van der Waals surface area contributed by atoms with Crippen LogP contribution in [-0.4, -0.2) is 22.9 Å². The van der Waals surface area contributed by atoms with E-state index in [0.29, 0.717) is 12.1 Å². The second-order valence-electron chi connectivity index (χ2n) is 3.84. The highest BCUT2D eigenvalue weighted by Gasteiger charge is 2.47. The summed E-state index contributed by atoms with van der Waals surface area (Å²) in [5.74, 6) is 2.37. The summed E-state index contributed by atoms with van der Waals surface area (Å²) in [6.45, 7) is 10.4. The summed E-state index contributed by atoms with van der Waals surface area (Å²) in [6, 6.07) is 0.656. The largest absolute Gasteiger partial charge is 0.279 e. The zero-order valence-corrected chi connectivity index (χ0v) is 11.2. The molecule has 0 bridgehead atoms. The van der Waals surface area contributed by atoms with Gasteiger partial charge >= 0.3 is 0 Å². The fraction of sp³-hybridized carbons (Fsp3) is 0.889. The maximum atomic E-state index is 9.26. The molecule has 0 aromatic rings. The minimum absolute atomic E-state index is 0.328. The van der Waals surface area contributed by atoms with Crippen LogP contribution in [0.15, 0.2) is 0 Å². The molecule has 0 heterocycles. The van der Waals surface area contributed by atoms with Crippen LogP contribution in [0, 0.1) is 11.1 Å². The van der Waals surface area contributed by atoms with Crippen LogP contribution < -0.4 is 4.61 Å².